The molecular formula is C17H15N3O4. The fourth-order valence-corrected chi connectivity index (χ4v) is 3.52. The molecule has 7 nitrogen and oxygen atoms in total. The van der Waals surface area contributed by atoms with Gasteiger partial charge in [-0.15, -0.1) is 0 Å². The molecule has 2 aromatic rings. The smallest absolute Gasteiger partial charge is 0.327 e. The van der Waals surface area contributed by atoms with Gasteiger partial charge in [-0.2, -0.15) is 0 Å². The van der Waals surface area contributed by atoms with Crippen LogP contribution in [0.4, 0.5) is 16.2 Å². The Hall–Kier alpha value is -2.93. The van der Waals surface area contributed by atoms with Crippen molar-refractivity contribution in [2.75, 3.05) is 25.1 Å². The Labute approximate surface area is 138 Å². The fourth-order valence-electron chi connectivity index (χ4n) is 3.52. The average Bonchev–Trinajstić information content (AvgIpc) is 3.06. The van der Waals surface area contributed by atoms with E-state index in [1.807, 2.05) is 30.3 Å². The van der Waals surface area contributed by atoms with Gasteiger partial charge in [-0.05, 0) is 6.07 Å². The molecule has 0 saturated carbocycles. The molecular weight excluding hydrogens is 310 g/mol. The van der Waals surface area contributed by atoms with E-state index >= 15 is 0 Å². The van der Waals surface area contributed by atoms with Crippen LogP contribution in [-0.4, -0.2) is 36.1 Å². The van der Waals surface area contributed by atoms with Gasteiger partial charge in [-0.1, -0.05) is 30.3 Å². The predicted octanol–water partition coefficient (Wildman–Crippen LogP) is 2.70. The van der Waals surface area contributed by atoms with Gasteiger partial charge in [-0.25, -0.2) is 4.79 Å². The summed E-state index contributed by atoms with van der Waals surface area (Å²) in [5.74, 6) is 0. The number of nitro benzene ring substituents is 1. The van der Waals surface area contributed by atoms with Crippen molar-refractivity contribution < 1.29 is 14.5 Å². The largest absolute Gasteiger partial charge is 0.345 e. The Morgan fingerprint density at radius 2 is 1.96 bits per heavy atom. The average molecular weight is 325 g/mol. The standard InChI is InChI=1S/C17H15N3O4/c1-18-15-8-7-13(20(22)23)11-14(15)17(12-5-3-2-4-6-12)19(16(18)21)9-10-24-17/h2-8,11H,9-10H2,1H3. The van der Waals surface area contributed by atoms with Crippen LogP contribution in [0.5, 0.6) is 0 Å². The number of fused-ring (bicyclic) bond motifs is 3. The summed E-state index contributed by atoms with van der Waals surface area (Å²) < 4.78 is 6.07. The van der Waals surface area contributed by atoms with Crippen LogP contribution in [-0.2, 0) is 10.5 Å². The number of benzene rings is 2. The van der Waals surface area contributed by atoms with Crippen molar-refractivity contribution in [3.63, 3.8) is 0 Å². The van der Waals surface area contributed by atoms with Gasteiger partial charge in [0.05, 0.1) is 17.2 Å². The van der Waals surface area contributed by atoms with E-state index < -0.39 is 10.6 Å². The second-order valence-corrected chi connectivity index (χ2v) is 5.81. The molecule has 0 aromatic heterocycles. The van der Waals surface area contributed by atoms with Gasteiger partial charge in [0, 0.05) is 36.9 Å². The number of carbonyl (C=O) groups is 1. The number of hydrogen-bond donors (Lipinski definition) is 0. The van der Waals surface area contributed by atoms with Crippen LogP contribution in [0, 0.1) is 10.1 Å². The van der Waals surface area contributed by atoms with Crippen LogP contribution < -0.4 is 4.90 Å². The Balaban J connectivity index is 2.04. The highest BCUT2D eigenvalue weighted by molar-refractivity contribution is 5.96. The lowest BCUT2D eigenvalue weighted by Crippen LogP contribution is -2.55. The van der Waals surface area contributed by atoms with Gasteiger partial charge in [0.1, 0.15) is 0 Å². The van der Waals surface area contributed by atoms with Crippen LogP contribution in [0.25, 0.3) is 0 Å². The van der Waals surface area contributed by atoms with Crippen LogP contribution in [0.15, 0.2) is 48.5 Å². The molecule has 0 radical (unpaired) electrons. The molecule has 0 bridgehead atoms. The van der Waals surface area contributed by atoms with Crippen molar-refractivity contribution in [2.45, 2.75) is 5.72 Å². The van der Waals surface area contributed by atoms with E-state index in [4.69, 9.17) is 4.74 Å². The second-order valence-electron chi connectivity index (χ2n) is 5.81. The summed E-state index contributed by atoms with van der Waals surface area (Å²) in [5, 5.41) is 11.2. The van der Waals surface area contributed by atoms with Crippen molar-refractivity contribution in [3.05, 3.63) is 69.8 Å². The molecule has 122 valence electrons. The van der Waals surface area contributed by atoms with Gasteiger partial charge >= 0.3 is 6.03 Å². The van der Waals surface area contributed by atoms with Crippen LogP contribution in [0.1, 0.15) is 11.1 Å². The maximum Gasteiger partial charge on any atom is 0.327 e. The van der Waals surface area contributed by atoms with Gasteiger partial charge < -0.3 is 4.74 Å². The minimum absolute atomic E-state index is 0.0257. The van der Waals surface area contributed by atoms with Crippen molar-refractivity contribution >= 4 is 17.4 Å². The summed E-state index contributed by atoms with van der Waals surface area (Å²) in [6.45, 7) is 0.802. The number of ether oxygens (including phenoxy) is 1. The molecule has 2 aromatic carbocycles. The van der Waals surface area contributed by atoms with E-state index in [0.29, 0.717) is 24.4 Å². The number of hydrogen-bond acceptors (Lipinski definition) is 4. The summed E-state index contributed by atoms with van der Waals surface area (Å²) in [6.07, 6.45) is 0. The third kappa shape index (κ3) is 1.78. The highest BCUT2D eigenvalue weighted by Crippen LogP contribution is 2.49. The quantitative estimate of drug-likeness (QED) is 0.628. The van der Waals surface area contributed by atoms with E-state index in [0.717, 1.165) is 5.56 Å². The van der Waals surface area contributed by atoms with Gasteiger partial charge in [0.2, 0.25) is 0 Å². The van der Waals surface area contributed by atoms with Crippen molar-refractivity contribution in [1.29, 1.82) is 0 Å². The number of urea groups is 1. The molecule has 0 spiro atoms. The maximum atomic E-state index is 12.8. The summed E-state index contributed by atoms with van der Waals surface area (Å²) in [4.78, 5) is 26.7. The van der Waals surface area contributed by atoms with Crippen molar-refractivity contribution in [2.24, 2.45) is 0 Å². The molecule has 2 heterocycles. The van der Waals surface area contributed by atoms with Crippen LogP contribution >= 0.6 is 0 Å². The van der Waals surface area contributed by atoms with E-state index in [9.17, 15) is 14.9 Å². The third-order valence-electron chi connectivity index (χ3n) is 4.61. The summed E-state index contributed by atoms with van der Waals surface area (Å²) in [5.41, 5.74) is 0.870. The van der Waals surface area contributed by atoms with E-state index in [1.54, 1.807) is 18.0 Å². The van der Waals surface area contributed by atoms with Gasteiger partial charge in [0.15, 0.2) is 5.72 Å². The molecule has 1 saturated heterocycles. The Bertz CT molecular complexity index is 839. The van der Waals surface area contributed by atoms with Crippen molar-refractivity contribution in [3.8, 4) is 0 Å². The number of non-ortho nitro benzene ring substituents is 1. The SMILES string of the molecule is CN1C(=O)N2CCOC2(c2ccccc2)c2cc([N+](=O)[O-])ccc21. The van der Waals surface area contributed by atoms with Crippen LogP contribution in [0.2, 0.25) is 0 Å². The summed E-state index contributed by atoms with van der Waals surface area (Å²) >= 11 is 0. The Morgan fingerprint density at radius 1 is 1.21 bits per heavy atom. The fraction of sp³-hybridized carbons (Fsp3) is 0.235. The molecule has 24 heavy (non-hydrogen) atoms. The highest BCUT2D eigenvalue weighted by atomic mass is 16.6. The summed E-state index contributed by atoms with van der Waals surface area (Å²) in [6, 6.07) is 13.7. The minimum atomic E-state index is -1.12. The Kier molecular flexibility index (Phi) is 3.07. The number of rotatable bonds is 2. The summed E-state index contributed by atoms with van der Waals surface area (Å²) in [7, 11) is 1.67. The number of nitrogens with zero attached hydrogens (tertiary/aromatic N) is 3. The lowest BCUT2D eigenvalue weighted by Gasteiger charge is -2.45. The monoisotopic (exact) mass is 325 g/mol. The highest BCUT2D eigenvalue weighted by Gasteiger charge is 2.54. The molecule has 1 atom stereocenters. The molecule has 1 unspecified atom stereocenters. The van der Waals surface area contributed by atoms with E-state index in [2.05, 4.69) is 0 Å². The first-order valence-electron chi connectivity index (χ1n) is 7.59. The maximum absolute atomic E-state index is 12.8. The number of amides is 2. The first-order valence-corrected chi connectivity index (χ1v) is 7.59. The van der Waals surface area contributed by atoms with Crippen molar-refractivity contribution in [1.82, 2.24) is 4.90 Å². The zero-order chi connectivity index (χ0) is 16.9. The predicted molar refractivity (Wildman–Crippen MR) is 86.8 cm³/mol. The molecule has 0 aliphatic carbocycles. The molecule has 2 aliphatic rings. The second kappa shape index (κ2) is 5.04. The molecule has 0 N–H and O–H groups in total. The first kappa shape index (κ1) is 14.6. The zero-order valence-corrected chi connectivity index (χ0v) is 13.0. The lowest BCUT2D eigenvalue weighted by molar-refractivity contribution is -0.385. The molecule has 7 heteroatoms. The van der Waals surface area contributed by atoms with Gasteiger partial charge in [-0.3, -0.25) is 19.9 Å². The third-order valence-corrected chi connectivity index (χ3v) is 4.61. The normalized spacial score (nSPS) is 22.3. The minimum Gasteiger partial charge on any atom is -0.345 e. The Morgan fingerprint density at radius 3 is 2.67 bits per heavy atom. The molecule has 2 aliphatic heterocycles. The number of carbonyl (C=O) groups excluding carboxylic acids is 1. The number of nitro groups is 1. The van der Waals surface area contributed by atoms with E-state index in [-0.39, 0.29) is 11.7 Å². The zero-order valence-electron chi connectivity index (χ0n) is 13.0. The van der Waals surface area contributed by atoms with Crippen LogP contribution in [0.3, 0.4) is 0 Å². The molecule has 4 rings (SSSR count). The van der Waals surface area contributed by atoms with Gasteiger partial charge in [0.25, 0.3) is 5.69 Å². The molecule has 1 fully saturated rings. The first-order chi connectivity index (χ1) is 11.6. The van der Waals surface area contributed by atoms with E-state index in [1.165, 1.54) is 17.0 Å². The topological polar surface area (TPSA) is 75.9 Å². The number of anilines is 1. The molecule has 2 amide bonds. The lowest BCUT2D eigenvalue weighted by atomic mass is 9.89.